The lowest BCUT2D eigenvalue weighted by Gasteiger charge is -2.36. The van der Waals surface area contributed by atoms with E-state index in [1.807, 2.05) is 27.7 Å². The van der Waals surface area contributed by atoms with Gasteiger partial charge in [0.2, 0.25) is 0 Å². The van der Waals surface area contributed by atoms with Crippen LogP contribution in [-0.2, 0) is 14.3 Å². The summed E-state index contributed by atoms with van der Waals surface area (Å²) in [7, 11) is 0. The molecule has 3 unspecified atom stereocenters. The minimum Gasteiger partial charge on any atom is -0.481 e. The van der Waals surface area contributed by atoms with Crippen LogP contribution in [0, 0.1) is 16.7 Å². The van der Waals surface area contributed by atoms with Crippen molar-refractivity contribution in [2.24, 2.45) is 16.7 Å². The SMILES string of the molecule is CCOC(=O)C(C)(CC)CC(C)C(C)(CC)C(=O)O. The Hall–Kier alpha value is -1.06. The van der Waals surface area contributed by atoms with Crippen molar-refractivity contribution in [2.75, 3.05) is 6.61 Å². The fourth-order valence-electron chi connectivity index (χ4n) is 2.29. The van der Waals surface area contributed by atoms with Gasteiger partial charge in [-0.2, -0.15) is 0 Å². The number of esters is 1. The van der Waals surface area contributed by atoms with Crippen molar-refractivity contribution in [3.05, 3.63) is 0 Å². The third-order valence-electron chi connectivity index (χ3n) is 4.62. The Balaban J connectivity index is 5.07. The standard InChI is InChI=1S/C15H28O4/c1-7-14(5,13(18)19-9-3)10-11(4)15(6,8-2)12(16)17/h11H,7-10H2,1-6H3,(H,16,17). The predicted molar refractivity (Wildman–Crippen MR) is 74.8 cm³/mol. The van der Waals surface area contributed by atoms with Crippen molar-refractivity contribution < 1.29 is 19.4 Å². The molecule has 4 heteroatoms. The van der Waals surface area contributed by atoms with Crippen LogP contribution in [0.5, 0.6) is 0 Å². The van der Waals surface area contributed by atoms with E-state index in [4.69, 9.17) is 4.74 Å². The molecule has 0 rings (SSSR count). The summed E-state index contributed by atoms with van der Waals surface area (Å²) in [5, 5.41) is 9.40. The second-order valence-corrected chi connectivity index (χ2v) is 5.82. The summed E-state index contributed by atoms with van der Waals surface area (Å²) in [5.74, 6) is -1.12. The van der Waals surface area contributed by atoms with E-state index in [2.05, 4.69) is 0 Å². The van der Waals surface area contributed by atoms with Gasteiger partial charge in [-0.25, -0.2) is 0 Å². The number of carbonyl (C=O) groups is 2. The number of carbonyl (C=O) groups excluding carboxylic acids is 1. The van der Waals surface area contributed by atoms with Gasteiger partial charge >= 0.3 is 11.9 Å². The first-order valence-electron chi connectivity index (χ1n) is 7.08. The Morgan fingerprint density at radius 3 is 2.00 bits per heavy atom. The van der Waals surface area contributed by atoms with Gasteiger partial charge in [-0.1, -0.05) is 20.8 Å². The first-order chi connectivity index (χ1) is 8.67. The van der Waals surface area contributed by atoms with Gasteiger partial charge in [0.05, 0.1) is 17.4 Å². The monoisotopic (exact) mass is 272 g/mol. The molecule has 0 fully saturated rings. The highest BCUT2D eigenvalue weighted by atomic mass is 16.5. The van der Waals surface area contributed by atoms with Gasteiger partial charge in [0.15, 0.2) is 0 Å². The number of ether oxygens (including phenoxy) is 1. The summed E-state index contributed by atoms with van der Waals surface area (Å²) in [5.41, 5.74) is -1.41. The van der Waals surface area contributed by atoms with E-state index in [-0.39, 0.29) is 11.9 Å². The highest BCUT2D eigenvalue weighted by Crippen LogP contribution is 2.41. The van der Waals surface area contributed by atoms with Crippen LogP contribution in [0.15, 0.2) is 0 Å². The topological polar surface area (TPSA) is 63.6 Å². The zero-order valence-electron chi connectivity index (χ0n) is 13.1. The molecule has 112 valence electrons. The molecule has 19 heavy (non-hydrogen) atoms. The molecule has 0 amide bonds. The van der Waals surface area contributed by atoms with Gasteiger partial charge in [-0.3, -0.25) is 9.59 Å². The van der Waals surface area contributed by atoms with Crippen LogP contribution in [0.1, 0.15) is 60.8 Å². The minimum atomic E-state index is -0.803. The van der Waals surface area contributed by atoms with Gasteiger partial charge in [-0.05, 0) is 46.0 Å². The molecule has 3 atom stereocenters. The molecule has 0 aliphatic rings. The van der Waals surface area contributed by atoms with Gasteiger partial charge in [0, 0.05) is 0 Å². The van der Waals surface area contributed by atoms with Crippen LogP contribution in [0.2, 0.25) is 0 Å². The average molecular weight is 272 g/mol. The van der Waals surface area contributed by atoms with Crippen LogP contribution in [0.3, 0.4) is 0 Å². The van der Waals surface area contributed by atoms with Crippen molar-refractivity contribution in [2.45, 2.75) is 60.8 Å². The largest absolute Gasteiger partial charge is 0.481 e. The van der Waals surface area contributed by atoms with Crippen LogP contribution >= 0.6 is 0 Å². The van der Waals surface area contributed by atoms with Gasteiger partial charge in [0.25, 0.3) is 0 Å². The summed E-state index contributed by atoms with van der Waals surface area (Å²) in [6, 6.07) is 0. The van der Waals surface area contributed by atoms with Gasteiger partial charge < -0.3 is 9.84 Å². The fourth-order valence-corrected chi connectivity index (χ4v) is 2.29. The van der Waals surface area contributed by atoms with Crippen LogP contribution in [0.25, 0.3) is 0 Å². The van der Waals surface area contributed by atoms with Gasteiger partial charge in [-0.15, -0.1) is 0 Å². The molecule has 0 spiro atoms. The van der Waals surface area contributed by atoms with Crippen LogP contribution in [0.4, 0.5) is 0 Å². The quantitative estimate of drug-likeness (QED) is 0.687. The Morgan fingerprint density at radius 1 is 1.16 bits per heavy atom. The molecule has 0 radical (unpaired) electrons. The zero-order valence-corrected chi connectivity index (χ0v) is 13.1. The maximum absolute atomic E-state index is 12.0. The smallest absolute Gasteiger partial charge is 0.311 e. The summed E-state index contributed by atoms with van der Waals surface area (Å²) < 4.78 is 5.12. The van der Waals surface area contributed by atoms with Crippen molar-refractivity contribution in [1.29, 1.82) is 0 Å². The van der Waals surface area contributed by atoms with Crippen molar-refractivity contribution >= 4 is 11.9 Å². The third kappa shape index (κ3) is 3.95. The maximum Gasteiger partial charge on any atom is 0.311 e. The molecular weight excluding hydrogens is 244 g/mol. The lowest BCUT2D eigenvalue weighted by molar-refractivity contribution is -0.160. The van der Waals surface area contributed by atoms with E-state index in [1.165, 1.54) is 0 Å². The number of carboxylic acids is 1. The first-order valence-corrected chi connectivity index (χ1v) is 7.08. The Labute approximate surface area is 116 Å². The number of carboxylic acid groups (broad SMARTS) is 1. The highest BCUT2D eigenvalue weighted by molar-refractivity contribution is 5.77. The van der Waals surface area contributed by atoms with E-state index in [9.17, 15) is 14.7 Å². The van der Waals surface area contributed by atoms with E-state index >= 15 is 0 Å². The highest BCUT2D eigenvalue weighted by Gasteiger charge is 2.43. The second-order valence-electron chi connectivity index (χ2n) is 5.82. The first kappa shape index (κ1) is 17.9. The molecule has 0 saturated carbocycles. The number of hydrogen-bond acceptors (Lipinski definition) is 3. The molecule has 0 aliphatic heterocycles. The summed E-state index contributed by atoms with van der Waals surface area (Å²) >= 11 is 0. The van der Waals surface area contributed by atoms with E-state index in [1.54, 1.807) is 13.8 Å². The lowest BCUT2D eigenvalue weighted by Crippen LogP contribution is -2.39. The van der Waals surface area contributed by atoms with Crippen molar-refractivity contribution in [3.63, 3.8) is 0 Å². The summed E-state index contributed by atoms with van der Waals surface area (Å²) in [4.78, 5) is 23.5. The fraction of sp³-hybridized carbons (Fsp3) is 0.867. The number of rotatable bonds is 8. The van der Waals surface area contributed by atoms with Crippen molar-refractivity contribution in [3.8, 4) is 0 Å². The van der Waals surface area contributed by atoms with Crippen molar-refractivity contribution in [1.82, 2.24) is 0 Å². The maximum atomic E-state index is 12.0. The molecule has 0 saturated heterocycles. The van der Waals surface area contributed by atoms with Gasteiger partial charge in [0.1, 0.15) is 0 Å². The van der Waals surface area contributed by atoms with Crippen LogP contribution in [-0.4, -0.2) is 23.7 Å². The third-order valence-corrected chi connectivity index (χ3v) is 4.62. The molecule has 0 aromatic heterocycles. The average Bonchev–Trinajstić information content (AvgIpc) is 2.37. The summed E-state index contributed by atoms with van der Waals surface area (Å²) in [6.45, 7) is 11.5. The predicted octanol–water partition coefficient (Wildman–Crippen LogP) is 3.49. The molecule has 0 aliphatic carbocycles. The Kier molecular flexibility index (Phi) is 6.53. The number of aliphatic carboxylic acids is 1. The van der Waals surface area contributed by atoms with E-state index in [0.29, 0.717) is 25.9 Å². The molecule has 1 N–H and O–H groups in total. The molecule has 0 aromatic rings. The molecule has 4 nitrogen and oxygen atoms in total. The van der Waals surface area contributed by atoms with E-state index < -0.39 is 16.8 Å². The lowest BCUT2D eigenvalue weighted by atomic mass is 9.68. The Morgan fingerprint density at radius 2 is 1.68 bits per heavy atom. The Bertz CT molecular complexity index is 326. The second kappa shape index (κ2) is 6.92. The van der Waals surface area contributed by atoms with E-state index in [0.717, 1.165) is 0 Å². The molecule has 0 aromatic carbocycles. The number of hydrogen-bond donors (Lipinski definition) is 1. The van der Waals surface area contributed by atoms with Crippen LogP contribution < -0.4 is 0 Å². The molecule has 0 bridgehead atoms. The molecular formula is C15H28O4. The minimum absolute atomic E-state index is 0.0932. The molecule has 0 heterocycles. The zero-order chi connectivity index (χ0) is 15.3. The normalized spacial score (nSPS) is 19.1. The summed E-state index contributed by atoms with van der Waals surface area (Å²) in [6.07, 6.45) is 1.72.